The number of benzene rings is 1. The molecular weight excluding hydrogens is 256 g/mol. The Morgan fingerprint density at radius 3 is 2.70 bits per heavy atom. The standard InChI is InChI=1S/C14H12N4O2/c1-18(12-5-3-2-4-9(12)8-15)13-10(16)6-7-11(17-13)14(19)20/h2-7H,16H2,1H3,(H,19,20). The largest absolute Gasteiger partial charge is 0.477 e. The third-order valence-corrected chi connectivity index (χ3v) is 2.83. The number of nitrogen functional groups attached to an aromatic ring is 1. The Labute approximate surface area is 115 Å². The Hall–Kier alpha value is -3.07. The van der Waals surface area contributed by atoms with Gasteiger partial charge in [-0.05, 0) is 24.3 Å². The van der Waals surface area contributed by atoms with Crippen LogP contribution in [-0.2, 0) is 0 Å². The smallest absolute Gasteiger partial charge is 0.354 e. The molecule has 0 unspecified atom stereocenters. The van der Waals surface area contributed by atoms with E-state index in [0.29, 0.717) is 22.8 Å². The van der Waals surface area contributed by atoms with Crippen molar-refractivity contribution in [2.45, 2.75) is 0 Å². The van der Waals surface area contributed by atoms with Crippen LogP contribution in [-0.4, -0.2) is 23.1 Å². The van der Waals surface area contributed by atoms with Crippen molar-refractivity contribution >= 4 is 23.2 Å². The number of hydrogen-bond donors (Lipinski definition) is 2. The van der Waals surface area contributed by atoms with E-state index in [1.807, 2.05) is 0 Å². The second-order valence-electron chi connectivity index (χ2n) is 4.10. The molecule has 0 atom stereocenters. The SMILES string of the molecule is CN(c1ccccc1C#N)c1nc(C(=O)O)ccc1N. The van der Waals surface area contributed by atoms with Crippen LogP contribution >= 0.6 is 0 Å². The third kappa shape index (κ3) is 2.37. The van der Waals surface area contributed by atoms with Gasteiger partial charge in [0.1, 0.15) is 6.07 Å². The van der Waals surface area contributed by atoms with Crippen LogP contribution < -0.4 is 10.6 Å². The van der Waals surface area contributed by atoms with Crippen molar-refractivity contribution < 1.29 is 9.90 Å². The molecule has 0 aliphatic carbocycles. The topological polar surface area (TPSA) is 103 Å². The van der Waals surface area contributed by atoms with E-state index in [0.717, 1.165) is 0 Å². The van der Waals surface area contributed by atoms with E-state index in [9.17, 15) is 4.79 Å². The molecule has 6 heteroatoms. The summed E-state index contributed by atoms with van der Waals surface area (Å²) in [5.74, 6) is -0.833. The molecule has 0 spiro atoms. The average molecular weight is 268 g/mol. The Kier molecular flexibility index (Phi) is 3.53. The van der Waals surface area contributed by atoms with E-state index in [1.54, 1.807) is 36.2 Å². The number of anilines is 3. The van der Waals surface area contributed by atoms with Crippen molar-refractivity contribution in [2.75, 3.05) is 17.7 Å². The minimum absolute atomic E-state index is 0.101. The number of nitriles is 1. The molecule has 0 aliphatic heterocycles. The van der Waals surface area contributed by atoms with Gasteiger partial charge in [-0.1, -0.05) is 12.1 Å². The van der Waals surface area contributed by atoms with Gasteiger partial charge in [0.2, 0.25) is 0 Å². The number of aromatic nitrogens is 1. The van der Waals surface area contributed by atoms with Crippen LogP contribution in [0.3, 0.4) is 0 Å². The highest BCUT2D eigenvalue weighted by atomic mass is 16.4. The number of hydrogen-bond acceptors (Lipinski definition) is 5. The highest BCUT2D eigenvalue weighted by molar-refractivity contribution is 5.87. The molecule has 0 radical (unpaired) electrons. The first kappa shape index (κ1) is 13.4. The normalized spacial score (nSPS) is 9.80. The number of nitrogens with zero attached hydrogens (tertiary/aromatic N) is 3. The van der Waals surface area contributed by atoms with Gasteiger partial charge in [0.25, 0.3) is 0 Å². The zero-order chi connectivity index (χ0) is 14.7. The maximum Gasteiger partial charge on any atom is 0.354 e. The second kappa shape index (κ2) is 5.28. The van der Waals surface area contributed by atoms with E-state index < -0.39 is 5.97 Å². The maximum absolute atomic E-state index is 11.0. The number of rotatable bonds is 3. The van der Waals surface area contributed by atoms with Crippen molar-refractivity contribution in [2.24, 2.45) is 0 Å². The van der Waals surface area contributed by atoms with Crippen LogP contribution in [0.1, 0.15) is 16.1 Å². The molecule has 0 fully saturated rings. The van der Waals surface area contributed by atoms with Gasteiger partial charge in [-0.3, -0.25) is 0 Å². The lowest BCUT2D eigenvalue weighted by molar-refractivity contribution is 0.0690. The number of carboxylic acids is 1. The van der Waals surface area contributed by atoms with E-state index in [1.165, 1.54) is 12.1 Å². The molecule has 0 saturated carbocycles. The van der Waals surface area contributed by atoms with Gasteiger partial charge in [0.15, 0.2) is 11.5 Å². The van der Waals surface area contributed by atoms with Gasteiger partial charge in [-0.25, -0.2) is 9.78 Å². The number of carboxylic acid groups (broad SMARTS) is 1. The number of para-hydroxylation sites is 1. The minimum Gasteiger partial charge on any atom is -0.477 e. The monoisotopic (exact) mass is 268 g/mol. The second-order valence-corrected chi connectivity index (χ2v) is 4.10. The quantitative estimate of drug-likeness (QED) is 0.882. The van der Waals surface area contributed by atoms with Gasteiger partial charge >= 0.3 is 5.97 Å². The lowest BCUT2D eigenvalue weighted by atomic mass is 10.1. The molecular formula is C14H12N4O2. The van der Waals surface area contributed by atoms with Gasteiger partial charge < -0.3 is 15.7 Å². The molecule has 100 valence electrons. The predicted octanol–water partition coefficient (Wildman–Crippen LogP) is 2.00. The van der Waals surface area contributed by atoms with E-state index in [4.69, 9.17) is 16.1 Å². The van der Waals surface area contributed by atoms with Crippen LogP contribution in [0, 0.1) is 11.3 Å². The van der Waals surface area contributed by atoms with Crippen LogP contribution in [0.5, 0.6) is 0 Å². The van der Waals surface area contributed by atoms with Crippen molar-refractivity contribution in [3.8, 4) is 6.07 Å². The molecule has 2 rings (SSSR count). The Bertz CT molecular complexity index is 707. The van der Waals surface area contributed by atoms with Crippen molar-refractivity contribution in [1.82, 2.24) is 4.98 Å². The fraction of sp³-hybridized carbons (Fsp3) is 0.0714. The summed E-state index contributed by atoms with van der Waals surface area (Å²) >= 11 is 0. The maximum atomic E-state index is 11.0. The Morgan fingerprint density at radius 2 is 2.05 bits per heavy atom. The van der Waals surface area contributed by atoms with Crippen molar-refractivity contribution in [1.29, 1.82) is 5.26 Å². The van der Waals surface area contributed by atoms with E-state index in [2.05, 4.69) is 11.1 Å². The number of pyridine rings is 1. The van der Waals surface area contributed by atoms with Crippen LogP contribution in [0.25, 0.3) is 0 Å². The first-order chi connectivity index (χ1) is 9.54. The fourth-order valence-electron chi connectivity index (χ4n) is 1.82. The van der Waals surface area contributed by atoms with Gasteiger partial charge in [-0.2, -0.15) is 5.26 Å². The summed E-state index contributed by atoms with van der Waals surface area (Å²) in [4.78, 5) is 16.6. The number of aromatic carboxylic acids is 1. The lowest BCUT2D eigenvalue weighted by Crippen LogP contribution is -2.16. The molecule has 2 aromatic rings. The number of carbonyl (C=O) groups is 1. The minimum atomic E-state index is -1.13. The zero-order valence-corrected chi connectivity index (χ0v) is 10.7. The molecule has 0 bridgehead atoms. The highest BCUT2D eigenvalue weighted by Crippen LogP contribution is 2.29. The predicted molar refractivity (Wildman–Crippen MR) is 74.8 cm³/mol. The molecule has 6 nitrogen and oxygen atoms in total. The lowest BCUT2D eigenvalue weighted by Gasteiger charge is -2.21. The van der Waals surface area contributed by atoms with Gasteiger partial charge in [0.05, 0.1) is 16.9 Å². The molecule has 0 amide bonds. The van der Waals surface area contributed by atoms with Crippen LogP contribution in [0.15, 0.2) is 36.4 Å². The van der Waals surface area contributed by atoms with Crippen LogP contribution in [0.2, 0.25) is 0 Å². The summed E-state index contributed by atoms with van der Waals surface area (Å²) in [5, 5.41) is 18.1. The summed E-state index contributed by atoms with van der Waals surface area (Å²) in [6.45, 7) is 0. The van der Waals surface area contributed by atoms with Crippen molar-refractivity contribution in [3.63, 3.8) is 0 Å². The summed E-state index contributed by atoms with van der Waals surface area (Å²) < 4.78 is 0. The van der Waals surface area contributed by atoms with E-state index in [-0.39, 0.29) is 5.69 Å². The molecule has 0 saturated heterocycles. The van der Waals surface area contributed by atoms with Gasteiger partial charge in [-0.15, -0.1) is 0 Å². The van der Waals surface area contributed by atoms with Gasteiger partial charge in [0, 0.05) is 7.05 Å². The summed E-state index contributed by atoms with van der Waals surface area (Å²) in [7, 11) is 1.68. The Balaban J connectivity index is 2.53. The molecule has 0 aliphatic rings. The van der Waals surface area contributed by atoms with Crippen LogP contribution in [0.4, 0.5) is 17.2 Å². The molecule has 3 N–H and O–H groups in total. The van der Waals surface area contributed by atoms with Crippen molar-refractivity contribution in [3.05, 3.63) is 47.7 Å². The molecule has 20 heavy (non-hydrogen) atoms. The first-order valence-corrected chi connectivity index (χ1v) is 5.77. The third-order valence-electron chi connectivity index (χ3n) is 2.83. The summed E-state index contributed by atoms with van der Waals surface area (Å²) in [6.07, 6.45) is 0. The first-order valence-electron chi connectivity index (χ1n) is 5.77. The zero-order valence-electron chi connectivity index (χ0n) is 10.7. The highest BCUT2D eigenvalue weighted by Gasteiger charge is 2.15. The Morgan fingerprint density at radius 1 is 1.35 bits per heavy atom. The molecule has 1 heterocycles. The fourth-order valence-corrected chi connectivity index (χ4v) is 1.82. The summed E-state index contributed by atoms with van der Waals surface area (Å²) in [5.41, 5.74) is 7.14. The average Bonchev–Trinajstić information content (AvgIpc) is 2.46. The van der Waals surface area contributed by atoms with E-state index >= 15 is 0 Å². The summed E-state index contributed by atoms with van der Waals surface area (Å²) in [6, 6.07) is 11.8. The molecule has 1 aromatic carbocycles. The number of nitrogens with two attached hydrogens (primary N) is 1. The molecule has 1 aromatic heterocycles.